The third-order valence-electron chi connectivity index (χ3n) is 3.15. The van der Waals surface area contributed by atoms with Gasteiger partial charge in [0.25, 0.3) is 0 Å². The van der Waals surface area contributed by atoms with E-state index < -0.39 is 0 Å². The lowest BCUT2D eigenvalue weighted by molar-refractivity contribution is -0.121. The van der Waals surface area contributed by atoms with E-state index in [9.17, 15) is 4.79 Å². The summed E-state index contributed by atoms with van der Waals surface area (Å²) in [5, 5.41) is 3.21. The van der Waals surface area contributed by atoms with Crippen molar-refractivity contribution in [2.75, 3.05) is 5.32 Å². The molecule has 2 unspecified atom stereocenters. The smallest absolute Gasteiger partial charge is 0.229 e. The number of carbonyl (C=O) groups is 1. The van der Waals surface area contributed by atoms with Crippen molar-refractivity contribution in [3.05, 3.63) is 23.5 Å². The first-order valence-corrected chi connectivity index (χ1v) is 6.22. The summed E-state index contributed by atoms with van der Waals surface area (Å²) in [5.74, 6) is -0.102. The van der Waals surface area contributed by atoms with E-state index in [0.29, 0.717) is 10.8 Å². The van der Waals surface area contributed by atoms with E-state index in [1.807, 2.05) is 0 Å². The Morgan fingerprint density at radius 1 is 1.47 bits per heavy atom. The van der Waals surface area contributed by atoms with Gasteiger partial charge in [-0.05, 0) is 25.0 Å². The van der Waals surface area contributed by atoms with Crippen LogP contribution in [0.5, 0.6) is 0 Å². The van der Waals surface area contributed by atoms with Crippen LogP contribution in [0.2, 0.25) is 5.15 Å². The van der Waals surface area contributed by atoms with Crippen LogP contribution < -0.4 is 11.1 Å². The van der Waals surface area contributed by atoms with Crippen LogP contribution in [0.15, 0.2) is 18.3 Å². The molecule has 0 aliphatic heterocycles. The maximum absolute atomic E-state index is 12.0. The van der Waals surface area contributed by atoms with E-state index in [-0.39, 0.29) is 17.9 Å². The number of amides is 1. The zero-order valence-electron chi connectivity index (χ0n) is 9.53. The number of aromatic nitrogens is 1. The SMILES string of the molecule is NC1CCCCC1C(=O)Nc1ccnc(Cl)c1. The van der Waals surface area contributed by atoms with Crippen molar-refractivity contribution in [3.8, 4) is 0 Å². The second kappa shape index (κ2) is 5.47. The summed E-state index contributed by atoms with van der Waals surface area (Å²) < 4.78 is 0. The second-order valence-electron chi connectivity index (χ2n) is 4.41. The van der Waals surface area contributed by atoms with Gasteiger partial charge in [-0.2, -0.15) is 0 Å². The summed E-state index contributed by atoms with van der Waals surface area (Å²) in [6, 6.07) is 3.33. The molecular weight excluding hydrogens is 238 g/mol. The van der Waals surface area contributed by atoms with Crippen LogP contribution in [0, 0.1) is 5.92 Å². The van der Waals surface area contributed by atoms with Gasteiger partial charge < -0.3 is 11.1 Å². The van der Waals surface area contributed by atoms with E-state index in [1.54, 1.807) is 18.3 Å². The molecule has 4 nitrogen and oxygen atoms in total. The first-order chi connectivity index (χ1) is 8.16. The minimum Gasteiger partial charge on any atom is -0.327 e. The minimum atomic E-state index is -0.0873. The number of nitrogens with zero attached hydrogens (tertiary/aromatic N) is 1. The van der Waals surface area contributed by atoms with Crippen LogP contribution >= 0.6 is 11.6 Å². The largest absolute Gasteiger partial charge is 0.327 e. The second-order valence-corrected chi connectivity index (χ2v) is 4.80. The molecule has 1 aromatic heterocycles. The summed E-state index contributed by atoms with van der Waals surface area (Å²) in [7, 11) is 0. The molecule has 0 spiro atoms. The number of halogens is 1. The maximum Gasteiger partial charge on any atom is 0.229 e. The van der Waals surface area contributed by atoms with Gasteiger partial charge in [0.2, 0.25) is 5.91 Å². The average Bonchev–Trinajstić information content (AvgIpc) is 2.29. The van der Waals surface area contributed by atoms with Crippen LogP contribution in [0.3, 0.4) is 0 Å². The third-order valence-corrected chi connectivity index (χ3v) is 3.36. The van der Waals surface area contributed by atoms with Crippen LogP contribution in [0.25, 0.3) is 0 Å². The van der Waals surface area contributed by atoms with Crippen molar-refractivity contribution < 1.29 is 4.79 Å². The number of carbonyl (C=O) groups excluding carboxylic acids is 1. The molecule has 1 aliphatic carbocycles. The fraction of sp³-hybridized carbons (Fsp3) is 0.500. The molecule has 0 radical (unpaired) electrons. The van der Waals surface area contributed by atoms with Crippen molar-refractivity contribution in [1.82, 2.24) is 4.98 Å². The minimum absolute atomic E-state index is 0.0144. The van der Waals surface area contributed by atoms with Crippen molar-refractivity contribution in [1.29, 1.82) is 0 Å². The summed E-state index contributed by atoms with van der Waals surface area (Å²) in [5.41, 5.74) is 6.64. The van der Waals surface area contributed by atoms with Gasteiger partial charge in [0.1, 0.15) is 5.15 Å². The Morgan fingerprint density at radius 3 is 2.94 bits per heavy atom. The van der Waals surface area contributed by atoms with Crippen molar-refractivity contribution in [3.63, 3.8) is 0 Å². The van der Waals surface area contributed by atoms with Gasteiger partial charge in [0.15, 0.2) is 0 Å². The first kappa shape index (κ1) is 12.3. The van der Waals surface area contributed by atoms with Gasteiger partial charge in [-0.1, -0.05) is 24.4 Å². The van der Waals surface area contributed by atoms with E-state index in [1.165, 1.54) is 0 Å². The van der Waals surface area contributed by atoms with Crippen LogP contribution in [0.1, 0.15) is 25.7 Å². The molecule has 1 aromatic rings. The molecular formula is C12H16ClN3O. The quantitative estimate of drug-likeness (QED) is 0.794. The number of anilines is 1. The fourth-order valence-corrected chi connectivity index (χ4v) is 2.37. The van der Waals surface area contributed by atoms with Gasteiger partial charge >= 0.3 is 0 Å². The highest BCUT2D eigenvalue weighted by atomic mass is 35.5. The van der Waals surface area contributed by atoms with E-state index in [4.69, 9.17) is 17.3 Å². The maximum atomic E-state index is 12.0. The van der Waals surface area contributed by atoms with E-state index in [0.717, 1.165) is 25.7 Å². The lowest BCUT2D eigenvalue weighted by atomic mass is 9.84. The molecule has 2 rings (SSSR count). The summed E-state index contributed by atoms with van der Waals surface area (Å²) in [6.07, 6.45) is 5.55. The Hall–Kier alpha value is -1.13. The molecule has 0 bridgehead atoms. The molecule has 92 valence electrons. The number of hydrogen-bond acceptors (Lipinski definition) is 3. The predicted molar refractivity (Wildman–Crippen MR) is 67.8 cm³/mol. The van der Waals surface area contributed by atoms with E-state index in [2.05, 4.69) is 10.3 Å². The van der Waals surface area contributed by atoms with Gasteiger partial charge in [-0.15, -0.1) is 0 Å². The van der Waals surface area contributed by atoms with Gasteiger partial charge in [-0.25, -0.2) is 4.98 Å². The zero-order valence-corrected chi connectivity index (χ0v) is 10.3. The Balaban J connectivity index is 2.01. The summed E-state index contributed by atoms with van der Waals surface area (Å²) in [6.45, 7) is 0. The molecule has 1 amide bonds. The average molecular weight is 254 g/mol. The highest BCUT2D eigenvalue weighted by molar-refractivity contribution is 6.29. The Morgan fingerprint density at radius 2 is 2.24 bits per heavy atom. The molecule has 1 heterocycles. The fourth-order valence-electron chi connectivity index (χ4n) is 2.20. The van der Waals surface area contributed by atoms with Crippen molar-refractivity contribution in [2.45, 2.75) is 31.7 Å². The number of nitrogens with two attached hydrogens (primary N) is 1. The molecule has 3 N–H and O–H groups in total. The van der Waals surface area contributed by atoms with Crippen LogP contribution in [-0.4, -0.2) is 16.9 Å². The number of pyridine rings is 1. The normalized spacial score (nSPS) is 24.4. The van der Waals surface area contributed by atoms with Gasteiger partial charge in [0, 0.05) is 17.9 Å². The number of nitrogens with one attached hydrogen (secondary N) is 1. The molecule has 1 saturated carbocycles. The standard InChI is InChI=1S/C12H16ClN3O/c13-11-7-8(5-6-15-11)16-12(17)9-3-1-2-4-10(9)14/h5-7,9-10H,1-4,14H2,(H,15,16,17). The molecule has 2 atom stereocenters. The number of hydrogen-bond donors (Lipinski definition) is 2. The molecule has 0 aromatic carbocycles. The third kappa shape index (κ3) is 3.17. The molecule has 0 saturated heterocycles. The lowest BCUT2D eigenvalue weighted by Crippen LogP contribution is -2.40. The first-order valence-electron chi connectivity index (χ1n) is 5.85. The van der Waals surface area contributed by atoms with Crippen LogP contribution in [-0.2, 0) is 4.79 Å². The summed E-state index contributed by atoms with van der Waals surface area (Å²) >= 11 is 5.76. The Labute approximate surface area is 106 Å². The van der Waals surface area contributed by atoms with Gasteiger partial charge in [0.05, 0.1) is 5.92 Å². The summed E-state index contributed by atoms with van der Waals surface area (Å²) in [4.78, 5) is 15.9. The molecule has 5 heteroatoms. The molecule has 1 aliphatic rings. The monoisotopic (exact) mass is 253 g/mol. The lowest BCUT2D eigenvalue weighted by Gasteiger charge is -2.27. The zero-order chi connectivity index (χ0) is 12.3. The Kier molecular flexibility index (Phi) is 3.97. The number of rotatable bonds is 2. The highest BCUT2D eigenvalue weighted by Crippen LogP contribution is 2.24. The van der Waals surface area contributed by atoms with Crippen molar-refractivity contribution in [2.24, 2.45) is 11.7 Å². The van der Waals surface area contributed by atoms with Crippen molar-refractivity contribution >= 4 is 23.2 Å². The Bertz CT molecular complexity index is 410. The topological polar surface area (TPSA) is 68.0 Å². The molecule has 17 heavy (non-hydrogen) atoms. The van der Waals surface area contributed by atoms with E-state index >= 15 is 0 Å². The molecule has 1 fully saturated rings. The predicted octanol–water partition coefficient (Wildman–Crippen LogP) is 2.19. The van der Waals surface area contributed by atoms with Crippen LogP contribution in [0.4, 0.5) is 5.69 Å². The van der Waals surface area contributed by atoms with Gasteiger partial charge in [-0.3, -0.25) is 4.79 Å². The highest BCUT2D eigenvalue weighted by Gasteiger charge is 2.28.